The van der Waals surface area contributed by atoms with Gasteiger partial charge < -0.3 is 16.2 Å². The molecule has 0 radical (unpaired) electrons. The van der Waals surface area contributed by atoms with Crippen LogP contribution in [0.25, 0.3) is 0 Å². The second kappa shape index (κ2) is 2.59. The highest BCUT2D eigenvalue weighted by atomic mass is 16.5. The average Bonchev–Trinajstić information content (AvgIpc) is 2.83. The van der Waals surface area contributed by atoms with E-state index in [1.807, 2.05) is 12.1 Å². The van der Waals surface area contributed by atoms with E-state index in [9.17, 15) is 0 Å². The van der Waals surface area contributed by atoms with Gasteiger partial charge in [0.2, 0.25) is 0 Å². The van der Waals surface area contributed by atoms with Gasteiger partial charge in [-0.25, -0.2) is 0 Å². The fraction of sp³-hybridized carbons (Fsp3) is 0.333. The first-order valence-electron chi connectivity index (χ1n) is 4.08. The number of hydrogen-bond donors (Lipinski definition) is 2. The maximum absolute atomic E-state index is 5.71. The summed E-state index contributed by atoms with van der Waals surface area (Å²) in [5.74, 6) is 0.720. The van der Waals surface area contributed by atoms with Crippen LogP contribution in [0.15, 0.2) is 18.2 Å². The molecule has 2 rings (SSSR count). The number of ether oxygens (including phenoxy) is 1. The molecular formula is C9H12N2O. The predicted octanol–water partition coefficient (Wildman–Crippen LogP) is 1.39. The Morgan fingerprint density at radius 1 is 1.25 bits per heavy atom. The highest BCUT2D eigenvalue weighted by Crippen LogP contribution is 2.32. The number of rotatable bonds is 2. The van der Waals surface area contributed by atoms with Gasteiger partial charge in [-0.3, -0.25) is 0 Å². The molecule has 3 heteroatoms. The molecule has 1 aliphatic rings. The number of nitrogen functional groups attached to an aromatic ring is 2. The summed E-state index contributed by atoms with van der Waals surface area (Å²) >= 11 is 0. The standard InChI is InChI=1S/C9H12N2O/c10-7-2-1-3-8(9(7)11)12-6-4-5-6/h1-3,6H,4-5,10-11H2. The van der Waals surface area contributed by atoms with Gasteiger partial charge in [0.1, 0.15) is 5.75 Å². The smallest absolute Gasteiger partial charge is 0.144 e. The Bertz CT molecular complexity index is 295. The van der Waals surface area contributed by atoms with Crippen molar-refractivity contribution in [3.63, 3.8) is 0 Å². The molecule has 1 saturated carbocycles. The lowest BCUT2D eigenvalue weighted by atomic mass is 10.2. The second-order valence-electron chi connectivity index (χ2n) is 3.08. The molecule has 64 valence electrons. The minimum absolute atomic E-state index is 0.370. The van der Waals surface area contributed by atoms with Crippen molar-refractivity contribution < 1.29 is 4.74 Å². The number of anilines is 2. The molecule has 0 saturated heterocycles. The minimum atomic E-state index is 0.370. The highest BCUT2D eigenvalue weighted by molar-refractivity contribution is 5.70. The molecule has 0 atom stereocenters. The Labute approximate surface area is 71.3 Å². The van der Waals surface area contributed by atoms with Crippen LogP contribution in [0.2, 0.25) is 0 Å². The van der Waals surface area contributed by atoms with E-state index in [0.29, 0.717) is 17.5 Å². The van der Waals surface area contributed by atoms with Crippen LogP contribution >= 0.6 is 0 Å². The van der Waals surface area contributed by atoms with Gasteiger partial charge >= 0.3 is 0 Å². The van der Waals surface area contributed by atoms with Crippen molar-refractivity contribution in [3.05, 3.63) is 18.2 Å². The Hall–Kier alpha value is -1.38. The van der Waals surface area contributed by atoms with Gasteiger partial charge in [0.15, 0.2) is 0 Å². The summed E-state index contributed by atoms with van der Waals surface area (Å²) in [6, 6.07) is 5.47. The van der Waals surface area contributed by atoms with Gasteiger partial charge in [0.25, 0.3) is 0 Å². The van der Waals surface area contributed by atoms with Gasteiger partial charge in [-0.15, -0.1) is 0 Å². The molecule has 0 amide bonds. The third-order valence-corrected chi connectivity index (χ3v) is 1.92. The van der Waals surface area contributed by atoms with Crippen molar-refractivity contribution in [2.75, 3.05) is 11.5 Å². The summed E-state index contributed by atoms with van der Waals surface area (Å²) in [7, 11) is 0. The van der Waals surface area contributed by atoms with E-state index in [1.165, 1.54) is 0 Å². The quantitative estimate of drug-likeness (QED) is 0.649. The molecule has 0 aromatic heterocycles. The van der Waals surface area contributed by atoms with Gasteiger partial charge in [-0.05, 0) is 25.0 Å². The Balaban J connectivity index is 2.23. The Kier molecular flexibility index (Phi) is 1.57. The fourth-order valence-corrected chi connectivity index (χ4v) is 1.03. The van der Waals surface area contributed by atoms with Gasteiger partial charge in [-0.2, -0.15) is 0 Å². The summed E-state index contributed by atoms with van der Waals surface area (Å²) in [4.78, 5) is 0. The maximum atomic E-state index is 5.71. The van der Waals surface area contributed by atoms with E-state index >= 15 is 0 Å². The molecule has 0 spiro atoms. The zero-order valence-corrected chi connectivity index (χ0v) is 6.79. The minimum Gasteiger partial charge on any atom is -0.488 e. The van der Waals surface area contributed by atoms with Crippen LogP contribution in [0.1, 0.15) is 12.8 Å². The Morgan fingerprint density at radius 2 is 2.00 bits per heavy atom. The van der Waals surface area contributed by atoms with Crippen LogP contribution in [-0.2, 0) is 0 Å². The van der Waals surface area contributed by atoms with E-state index in [-0.39, 0.29) is 0 Å². The molecule has 0 unspecified atom stereocenters. The molecule has 0 aliphatic heterocycles. The zero-order valence-electron chi connectivity index (χ0n) is 6.79. The lowest BCUT2D eigenvalue weighted by Crippen LogP contribution is -2.02. The van der Waals surface area contributed by atoms with E-state index in [0.717, 1.165) is 18.6 Å². The van der Waals surface area contributed by atoms with Crippen molar-refractivity contribution in [1.29, 1.82) is 0 Å². The number of benzene rings is 1. The largest absolute Gasteiger partial charge is 0.488 e. The highest BCUT2D eigenvalue weighted by Gasteiger charge is 2.24. The average molecular weight is 164 g/mol. The van der Waals surface area contributed by atoms with Crippen LogP contribution in [0, 0.1) is 0 Å². The molecule has 0 bridgehead atoms. The van der Waals surface area contributed by atoms with Crippen LogP contribution < -0.4 is 16.2 Å². The third kappa shape index (κ3) is 1.30. The van der Waals surface area contributed by atoms with Gasteiger partial charge in [0.05, 0.1) is 17.5 Å². The third-order valence-electron chi connectivity index (χ3n) is 1.92. The molecule has 1 aromatic carbocycles. The lowest BCUT2D eigenvalue weighted by molar-refractivity contribution is 0.305. The summed E-state index contributed by atoms with van der Waals surface area (Å²) in [5, 5.41) is 0. The van der Waals surface area contributed by atoms with Crippen molar-refractivity contribution in [3.8, 4) is 5.75 Å². The predicted molar refractivity (Wildman–Crippen MR) is 48.9 cm³/mol. The monoisotopic (exact) mass is 164 g/mol. The molecule has 3 nitrogen and oxygen atoms in total. The molecule has 1 aliphatic carbocycles. The van der Waals surface area contributed by atoms with Crippen molar-refractivity contribution in [2.45, 2.75) is 18.9 Å². The summed E-state index contributed by atoms with van der Waals surface area (Å²) in [6.07, 6.45) is 2.64. The van der Waals surface area contributed by atoms with E-state index in [4.69, 9.17) is 16.2 Å². The van der Waals surface area contributed by atoms with Crippen LogP contribution in [0.5, 0.6) is 5.75 Å². The topological polar surface area (TPSA) is 61.3 Å². The van der Waals surface area contributed by atoms with Crippen molar-refractivity contribution >= 4 is 11.4 Å². The van der Waals surface area contributed by atoms with E-state index < -0.39 is 0 Å². The van der Waals surface area contributed by atoms with Crippen molar-refractivity contribution in [1.82, 2.24) is 0 Å². The van der Waals surface area contributed by atoms with E-state index in [1.54, 1.807) is 6.07 Å². The van der Waals surface area contributed by atoms with Gasteiger partial charge in [-0.1, -0.05) is 6.07 Å². The molecule has 1 aromatic rings. The van der Waals surface area contributed by atoms with Gasteiger partial charge in [0, 0.05) is 0 Å². The number of hydrogen-bond acceptors (Lipinski definition) is 3. The van der Waals surface area contributed by atoms with Crippen molar-refractivity contribution in [2.24, 2.45) is 0 Å². The molecule has 0 heterocycles. The molecule has 1 fully saturated rings. The van der Waals surface area contributed by atoms with E-state index in [2.05, 4.69) is 0 Å². The zero-order chi connectivity index (χ0) is 8.55. The first kappa shape index (κ1) is 7.28. The second-order valence-corrected chi connectivity index (χ2v) is 3.08. The van der Waals surface area contributed by atoms with Crippen LogP contribution in [0.4, 0.5) is 11.4 Å². The molecular weight excluding hydrogens is 152 g/mol. The first-order chi connectivity index (χ1) is 5.77. The molecule has 12 heavy (non-hydrogen) atoms. The van der Waals surface area contributed by atoms with Crippen LogP contribution in [0.3, 0.4) is 0 Å². The lowest BCUT2D eigenvalue weighted by Gasteiger charge is -2.08. The summed E-state index contributed by atoms with van der Waals surface area (Å²) < 4.78 is 5.53. The first-order valence-corrected chi connectivity index (χ1v) is 4.08. The number of nitrogens with two attached hydrogens (primary N) is 2. The number of para-hydroxylation sites is 1. The SMILES string of the molecule is Nc1cccc(OC2CC2)c1N. The normalized spacial score (nSPS) is 16.0. The summed E-state index contributed by atoms with van der Waals surface area (Å²) in [6.45, 7) is 0. The maximum Gasteiger partial charge on any atom is 0.144 e. The summed E-state index contributed by atoms with van der Waals surface area (Å²) in [5.41, 5.74) is 12.5. The van der Waals surface area contributed by atoms with Crippen LogP contribution in [-0.4, -0.2) is 6.10 Å². The molecule has 4 N–H and O–H groups in total. The fourth-order valence-electron chi connectivity index (χ4n) is 1.03. The Morgan fingerprint density at radius 3 is 2.67 bits per heavy atom.